The minimum absolute atomic E-state index is 0.262. The molecule has 0 aromatic heterocycles. The Bertz CT molecular complexity index is 153. The van der Waals surface area contributed by atoms with Crippen molar-refractivity contribution in [3.63, 3.8) is 0 Å². The highest BCUT2D eigenvalue weighted by Crippen LogP contribution is 2.18. The number of alkyl halides is 1. The lowest BCUT2D eigenvalue weighted by atomic mass is 10.2. The number of carboxylic acid groups (broad SMARTS) is 1. The van der Waals surface area contributed by atoms with Gasteiger partial charge in [-0.15, -0.1) is 11.8 Å². The molecule has 1 unspecified atom stereocenters. The molecule has 0 heterocycles. The van der Waals surface area contributed by atoms with Crippen LogP contribution in [-0.2, 0) is 4.79 Å². The third kappa shape index (κ3) is 7.18. The standard InChI is InChI=1S/C10H19FO2S/c1-2-6-9(10(12)13)14-8-5-3-4-7-11/h9H,2-8H2,1H3,(H,12,13). The van der Waals surface area contributed by atoms with Crippen molar-refractivity contribution < 1.29 is 14.3 Å². The van der Waals surface area contributed by atoms with Gasteiger partial charge in [-0.05, 0) is 25.0 Å². The highest BCUT2D eigenvalue weighted by Gasteiger charge is 2.15. The summed E-state index contributed by atoms with van der Waals surface area (Å²) in [6.07, 6.45) is 4.01. The van der Waals surface area contributed by atoms with Gasteiger partial charge in [-0.1, -0.05) is 19.8 Å². The van der Waals surface area contributed by atoms with Crippen molar-refractivity contribution in [3.8, 4) is 0 Å². The third-order valence-electron chi connectivity index (χ3n) is 1.92. The van der Waals surface area contributed by atoms with Crippen LogP contribution in [0.4, 0.5) is 4.39 Å². The van der Waals surface area contributed by atoms with Crippen molar-refractivity contribution in [2.45, 2.75) is 44.3 Å². The van der Waals surface area contributed by atoms with Crippen LogP contribution in [0.3, 0.4) is 0 Å². The first-order valence-electron chi connectivity index (χ1n) is 5.12. The quantitative estimate of drug-likeness (QED) is 0.609. The summed E-state index contributed by atoms with van der Waals surface area (Å²) in [5, 5.41) is 8.55. The minimum Gasteiger partial charge on any atom is -0.480 e. The van der Waals surface area contributed by atoms with Crippen LogP contribution < -0.4 is 0 Å². The number of carboxylic acids is 1. The van der Waals surface area contributed by atoms with E-state index in [1.165, 1.54) is 11.8 Å². The average Bonchev–Trinajstić information content (AvgIpc) is 2.15. The summed E-state index contributed by atoms with van der Waals surface area (Å²) < 4.78 is 11.7. The van der Waals surface area contributed by atoms with E-state index >= 15 is 0 Å². The Kier molecular flexibility index (Phi) is 9.14. The molecule has 0 aromatic carbocycles. The molecule has 0 radical (unpaired) electrons. The average molecular weight is 222 g/mol. The SMILES string of the molecule is CCCC(SCCCCCF)C(=O)O. The maximum atomic E-state index is 11.7. The summed E-state index contributed by atoms with van der Waals surface area (Å²) in [5.41, 5.74) is 0. The Hall–Kier alpha value is -0.250. The van der Waals surface area contributed by atoms with Gasteiger partial charge in [0.05, 0.1) is 6.67 Å². The topological polar surface area (TPSA) is 37.3 Å². The Morgan fingerprint density at radius 1 is 1.43 bits per heavy atom. The van der Waals surface area contributed by atoms with E-state index in [1.54, 1.807) is 0 Å². The van der Waals surface area contributed by atoms with Crippen LogP contribution in [0, 0.1) is 0 Å². The van der Waals surface area contributed by atoms with Crippen LogP contribution in [0.5, 0.6) is 0 Å². The number of hydrogen-bond donors (Lipinski definition) is 1. The molecule has 0 bridgehead atoms. The molecular weight excluding hydrogens is 203 g/mol. The van der Waals surface area contributed by atoms with E-state index in [0.717, 1.165) is 31.4 Å². The Morgan fingerprint density at radius 2 is 2.14 bits per heavy atom. The molecule has 0 fully saturated rings. The van der Waals surface area contributed by atoms with Gasteiger partial charge in [-0.2, -0.15) is 0 Å². The van der Waals surface area contributed by atoms with Crippen molar-refractivity contribution in [1.29, 1.82) is 0 Å². The molecule has 0 saturated heterocycles. The first-order chi connectivity index (χ1) is 6.72. The minimum atomic E-state index is -0.720. The van der Waals surface area contributed by atoms with E-state index in [1.807, 2.05) is 6.92 Å². The van der Waals surface area contributed by atoms with E-state index in [0.29, 0.717) is 6.42 Å². The van der Waals surface area contributed by atoms with E-state index in [2.05, 4.69) is 0 Å². The predicted octanol–water partition coefficient (Wildman–Crippen LogP) is 3.11. The molecule has 0 amide bonds. The summed E-state index contributed by atoms with van der Waals surface area (Å²) in [6, 6.07) is 0. The molecular formula is C10H19FO2S. The van der Waals surface area contributed by atoms with Gasteiger partial charge in [0, 0.05) is 0 Å². The molecule has 0 saturated carbocycles. The molecule has 4 heteroatoms. The van der Waals surface area contributed by atoms with Gasteiger partial charge >= 0.3 is 5.97 Å². The maximum absolute atomic E-state index is 11.7. The maximum Gasteiger partial charge on any atom is 0.316 e. The summed E-state index contributed by atoms with van der Waals surface area (Å²) in [5.74, 6) is 0.110. The number of unbranched alkanes of at least 4 members (excludes halogenated alkanes) is 2. The highest BCUT2D eigenvalue weighted by molar-refractivity contribution is 8.00. The number of aliphatic carboxylic acids is 1. The zero-order valence-electron chi connectivity index (χ0n) is 8.67. The van der Waals surface area contributed by atoms with Gasteiger partial charge in [0.1, 0.15) is 5.25 Å². The molecule has 84 valence electrons. The van der Waals surface area contributed by atoms with E-state index in [4.69, 9.17) is 5.11 Å². The van der Waals surface area contributed by atoms with Crippen LogP contribution in [0.25, 0.3) is 0 Å². The van der Waals surface area contributed by atoms with Gasteiger partial charge in [-0.25, -0.2) is 0 Å². The summed E-state index contributed by atoms with van der Waals surface area (Å²) in [4.78, 5) is 10.7. The normalized spacial score (nSPS) is 12.7. The Balaban J connectivity index is 3.46. The monoisotopic (exact) mass is 222 g/mol. The van der Waals surface area contributed by atoms with Gasteiger partial charge in [0.25, 0.3) is 0 Å². The largest absolute Gasteiger partial charge is 0.480 e. The van der Waals surface area contributed by atoms with E-state index < -0.39 is 5.97 Å². The number of rotatable bonds is 9. The molecule has 0 aliphatic rings. The highest BCUT2D eigenvalue weighted by atomic mass is 32.2. The smallest absolute Gasteiger partial charge is 0.316 e. The number of hydrogen-bond acceptors (Lipinski definition) is 2. The molecule has 0 rings (SSSR count). The first kappa shape index (κ1) is 13.8. The zero-order valence-corrected chi connectivity index (χ0v) is 9.49. The van der Waals surface area contributed by atoms with E-state index in [-0.39, 0.29) is 11.9 Å². The summed E-state index contributed by atoms with van der Waals surface area (Å²) in [7, 11) is 0. The van der Waals surface area contributed by atoms with E-state index in [9.17, 15) is 9.18 Å². The van der Waals surface area contributed by atoms with Crippen LogP contribution >= 0.6 is 11.8 Å². The fourth-order valence-electron chi connectivity index (χ4n) is 1.14. The molecule has 1 N–H and O–H groups in total. The number of carbonyl (C=O) groups is 1. The van der Waals surface area contributed by atoms with Crippen molar-refractivity contribution in [3.05, 3.63) is 0 Å². The lowest BCUT2D eigenvalue weighted by Crippen LogP contribution is -2.16. The van der Waals surface area contributed by atoms with Crippen molar-refractivity contribution in [2.24, 2.45) is 0 Å². The third-order valence-corrected chi connectivity index (χ3v) is 3.29. The molecule has 0 spiro atoms. The first-order valence-corrected chi connectivity index (χ1v) is 6.17. The van der Waals surface area contributed by atoms with Crippen molar-refractivity contribution in [1.82, 2.24) is 0 Å². The molecule has 2 nitrogen and oxygen atoms in total. The van der Waals surface area contributed by atoms with Crippen LogP contribution in [0.15, 0.2) is 0 Å². The van der Waals surface area contributed by atoms with Crippen molar-refractivity contribution >= 4 is 17.7 Å². The number of halogens is 1. The molecule has 1 atom stereocenters. The molecule has 0 aliphatic carbocycles. The Labute approximate surface area is 89.3 Å². The summed E-state index contributed by atoms with van der Waals surface area (Å²) in [6.45, 7) is 1.72. The molecule has 0 aliphatic heterocycles. The Morgan fingerprint density at radius 3 is 2.64 bits per heavy atom. The van der Waals surface area contributed by atoms with Crippen LogP contribution in [-0.4, -0.2) is 28.8 Å². The van der Waals surface area contributed by atoms with Crippen LogP contribution in [0.1, 0.15) is 39.0 Å². The second kappa shape index (κ2) is 9.31. The summed E-state index contributed by atoms with van der Waals surface area (Å²) >= 11 is 1.48. The predicted molar refractivity (Wildman–Crippen MR) is 58.6 cm³/mol. The molecule has 0 aromatic rings. The van der Waals surface area contributed by atoms with Gasteiger partial charge in [0.2, 0.25) is 0 Å². The van der Waals surface area contributed by atoms with Crippen LogP contribution in [0.2, 0.25) is 0 Å². The van der Waals surface area contributed by atoms with Crippen molar-refractivity contribution in [2.75, 3.05) is 12.4 Å². The fourth-order valence-corrected chi connectivity index (χ4v) is 2.34. The lowest BCUT2D eigenvalue weighted by Gasteiger charge is -2.09. The van der Waals surface area contributed by atoms with Gasteiger partial charge in [-0.3, -0.25) is 9.18 Å². The van der Waals surface area contributed by atoms with Gasteiger partial charge < -0.3 is 5.11 Å². The zero-order chi connectivity index (χ0) is 10.8. The second-order valence-corrected chi connectivity index (χ2v) is 4.55. The lowest BCUT2D eigenvalue weighted by molar-refractivity contribution is -0.136. The number of thioether (sulfide) groups is 1. The molecule has 14 heavy (non-hydrogen) atoms. The van der Waals surface area contributed by atoms with Gasteiger partial charge in [0.15, 0.2) is 0 Å². The second-order valence-electron chi connectivity index (χ2n) is 3.24. The fraction of sp³-hybridized carbons (Fsp3) is 0.900.